The first-order valence-corrected chi connectivity index (χ1v) is 39.0. The molecular weight excluding hydrogens is 1310 g/mol. The molecule has 2 aliphatic heterocycles. The van der Waals surface area contributed by atoms with E-state index in [9.17, 15) is 0 Å². The largest absolute Gasteiger partial charge is 0.309 e. The number of rotatable bonds is 7. The van der Waals surface area contributed by atoms with Gasteiger partial charge in [-0.15, -0.1) is 0 Å². The van der Waals surface area contributed by atoms with Gasteiger partial charge in [-0.1, -0.05) is 270 Å². The van der Waals surface area contributed by atoms with Crippen LogP contribution in [0.25, 0.3) is 105 Å². The molecular formula is C102H98BN5. The van der Waals surface area contributed by atoms with E-state index in [0.29, 0.717) is 0 Å². The van der Waals surface area contributed by atoms with Crippen LogP contribution < -0.4 is 26.2 Å². The summed E-state index contributed by atoms with van der Waals surface area (Å²) in [5.41, 5.74) is 32.9. The zero-order valence-corrected chi connectivity index (χ0v) is 66.2. The van der Waals surface area contributed by atoms with Gasteiger partial charge in [-0.3, -0.25) is 0 Å². The fraction of sp³-hybridized carbons (Fsp3) is 0.235. The molecule has 5 nitrogen and oxygen atoms in total. The van der Waals surface area contributed by atoms with Gasteiger partial charge in [-0.05, 0) is 226 Å². The van der Waals surface area contributed by atoms with Gasteiger partial charge in [0.25, 0.3) is 6.71 Å². The lowest BCUT2D eigenvalue weighted by molar-refractivity contribution is 0.590. The Bertz CT molecular complexity index is 5850. The Morgan fingerprint density at radius 3 is 0.741 bits per heavy atom. The van der Waals surface area contributed by atoms with E-state index in [-0.39, 0.29) is 39.2 Å². The van der Waals surface area contributed by atoms with Crippen LogP contribution in [0.1, 0.15) is 158 Å². The fourth-order valence-corrected chi connectivity index (χ4v) is 17.6. The van der Waals surface area contributed by atoms with E-state index in [1.807, 2.05) is 0 Å². The number of anilines is 6. The van der Waals surface area contributed by atoms with Crippen LogP contribution in [0.4, 0.5) is 34.1 Å². The second-order valence-corrected chi connectivity index (χ2v) is 37.2. The summed E-state index contributed by atoms with van der Waals surface area (Å²) in [6, 6.07) is 104. The number of aromatic nitrogens is 3. The first-order valence-electron chi connectivity index (χ1n) is 39.0. The summed E-state index contributed by atoms with van der Waals surface area (Å²) in [5, 5.41) is 7.53. The third-order valence-corrected chi connectivity index (χ3v) is 23.7. The quantitative estimate of drug-likeness (QED) is 0.148. The minimum absolute atomic E-state index is 0.0658. The SMILES string of the molecule is CC(C)(C)c1ccc2c(c1)c1cc(C(C)(C)C)ccc1n2-c1cc2c3c(c1)N(c1ccccc1-n1c4ccc(C(C)(C)C)cc4c4cc(C(C)(C)C)ccc41)c1ccc(-c4ccccc4)cc1B3c1cc(-c3ccccc3)ccc1N2c1ccccc1-n1c2ccc(C(C)(C)C)cc2c2cc(C(C)(C)C)ccc21. The molecule has 108 heavy (non-hydrogen) atoms. The predicted octanol–water partition coefficient (Wildman–Crippen LogP) is 26.2. The normalized spacial score (nSPS) is 13.6. The van der Waals surface area contributed by atoms with Crippen molar-refractivity contribution in [2.75, 3.05) is 9.80 Å². The summed E-state index contributed by atoms with van der Waals surface area (Å²) in [6.07, 6.45) is 0. The molecule has 2 aliphatic rings. The van der Waals surface area contributed by atoms with E-state index in [4.69, 9.17) is 0 Å². The molecule has 6 heteroatoms. The van der Waals surface area contributed by atoms with Crippen molar-refractivity contribution in [2.45, 2.75) is 157 Å². The highest BCUT2D eigenvalue weighted by molar-refractivity contribution is 7.00. The Morgan fingerprint density at radius 1 is 0.204 bits per heavy atom. The highest BCUT2D eigenvalue weighted by Crippen LogP contribution is 2.52. The third kappa shape index (κ3) is 11.1. The van der Waals surface area contributed by atoms with E-state index >= 15 is 0 Å². The molecule has 16 aromatic rings. The molecule has 534 valence electrons. The fourth-order valence-electron chi connectivity index (χ4n) is 17.6. The molecule has 0 fully saturated rings. The maximum absolute atomic E-state index is 2.68. The van der Waals surface area contributed by atoms with Gasteiger partial charge in [0.1, 0.15) is 0 Å². The van der Waals surface area contributed by atoms with Gasteiger partial charge in [-0.2, -0.15) is 0 Å². The number of hydrogen-bond donors (Lipinski definition) is 0. The number of fused-ring (bicyclic) bond motifs is 13. The van der Waals surface area contributed by atoms with E-state index < -0.39 is 0 Å². The number of benzene rings is 13. The molecule has 0 radical (unpaired) electrons. The Labute approximate surface area is 638 Å². The Kier molecular flexibility index (Phi) is 15.4. The summed E-state index contributed by atoms with van der Waals surface area (Å²) in [6.45, 7) is 41.9. The molecule has 18 rings (SSSR count). The molecule has 0 saturated heterocycles. The van der Waals surface area contributed by atoms with Crippen molar-refractivity contribution in [3.63, 3.8) is 0 Å². The van der Waals surface area contributed by atoms with Crippen molar-refractivity contribution in [1.82, 2.24) is 13.7 Å². The highest BCUT2D eigenvalue weighted by atomic mass is 15.2. The van der Waals surface area contributed by atoms with Crippen LogP contribution in [-0.2, 0) is 32.5 Å². The second-order valence-electron chi connectivity index (χ2n) is 37.2. The van der Waals surface area contributed by atoms with Gasteiger partial charge in [0.05, 0.1) is 61.5 Å². The highest BCUT2D eigenvalue weighted by Gasteiger charge is 2.46. The third-order valence-electron chi connectivity index (χ3n) is 23.7. The second kappa shape index (κ2) is 24.2. The van der Waals surface area contributed by atoms with Crippen LogP contribution in [0.5, 0.6) is 0 Å². The molecule has 0 spiro atoms. The van der Waals surface area contributed by atoms with Crippen molar-refractivity contribution in [2.24, 2.45) is 0 Å². The molecule has 5 heterocycles. The van der Waals surface area contributed by atoms with Crippen molar-refractivity contribution < 1.29 is 0 Å². The Balaban J connectivity index is 1.01. The lowest BCUT2D eigenvalue weighted by Gasteiger charge is -2.45. The Hall–Kier alpha value is -11.1. The molecule has 0 aliphatic carbocycles. The van der Waals surface area contributed by atoms with Crippen LogP contribution >= 0.6 is 0 Å². The molecule has 0 bridgehead atoms. The van der Waals surface area contributed by atoms with Crippen molar-refractivity contribution in [1.29, 1.82) is 0 Å². The van der Waals surface area contributed by atoms with Crippen LogP contribution in [0.15, 0.2) is 267 Å². The van der Waals surface area contributed by atoms with Gasteiger partial charge >= 0.3 is 0 Å². The molecule has 0 saturated carbocycles. The van der Waals surface area contributed by atoms with Crippen LogP contribution in [-0.4, -0.2) is 20.4 Å². The van der Waals surface area contributed by atoms with Crippen molar-refractivity contribution in [3.8, 4) is 39.3 Å². The maximum Gasteiger partial charge on any atom is 0.252 e. The van der Waals surface area contributed by atoms with Crippen molar-refractivity contribution >= 4 is 123 Å². The molecule has 3 aromatic heterocycles. The van der Waals surface area contributed by atoms with E-state index in [0.717, 1.165) is 51.2 Å². The minimum Gasteiger partial charge on any atom is -0.309 e. The summed E-state index contributed by atoms with van der Waals surface area (Å²) in [4.78, 5) is 5.35. The summed E-state index contributed by atoms with van der Waals surface area (Å²) in [5.74, 6) is 0. The molecule has 13 aromatic carbocycles. The lowest BCUT2D eigenvalue weighted by atomic mass is 9.33. The number of para-hydroxylation sites is 4. The minimum atomic E-state index is -0.241. The number of nitrogens with zero attached hydrogens (tertiary/aromatic N) is 5. The zero-order chi connectivity index (χ0) is 75.2. The summed E-state index contributed by atoms with van der Waals surface area (Å²) >= 11 is 0. The summed E-state index contributed by atoms with van der Waals surface area (Å²) < 4.78 is 7.76. The lowest BCUT2D eigenvalue weighted by Crippen LogP contribution is -2.61. The monoisotopic (exact) mass is 1400 g/mol. The van der Waals surface area contributed by atoms with E-state index in [1.165, 1.54) is 137 Å². The molecule has 0 N–H and O–H groups in total. The molecule has 0 atom stereocenters. The van der Waals surface area contributed by atoms with Gasteiger partial charge in [0.2, 0.25) is 0 Å². The smallest absolute Gasteiger partial charge is 0.252 e. The van der Waals surface area contributed by atoms with Crippen molar-refractivity contribution in [3.05, 3.63) is 300 Å². The van der Waals surface area contributed by atoms with E-state index in [1.54, 1.807) is 0 Å². The first-order chi connectivity index (χ1) is 51.4. The number of hydrogen-bond acceptors (Lipinski definition) is 2. The van der Waals surface area contributed by atoms with Crippen LogP contribution in [0.3, 0.4) is 0 Å². The maximum atomic E-state index is 2.68. The Morgan fingerprint density at radius 2 is 0.463 bits per heavy atom. The van der Waals surface area contributed by atoms with Gasteiger partial charge in [-0.25, -0.2) is 0 Å². The van der Waals surface area contributed by atoms with Gasteiger partial charge in [0.15, 0.2) is 0 Å². The standard InChI is InChI=1S/C102H98BN5/c1-97(2,3)67-39-47-82-74(55-67)75-56-68(98(4,5)6)40-48-83(75)104(82)73-61-94-96-95(62-73)108(93-36-28-26-34-91(93)106-86-51-43-71(101(13,14)15)59-78(86)79-60-72(102(16,17)18)44-52-87(79)106)89-46-38-66(64-31-23-20-24-32-64)54-81(89)103(96)80-53-65(63-29-21-19-22-30-63)37-45-88(80)107(94)92-35-27-25-33-90(92)105-84-49-41-69(99(7,8)9)57-76(84)77-58-70(100(10,11)12)42-50-85(77)105/h19-62H,1-18H3. The first kappa shape index (κ1) is 68.7. The van der Waals surface area contributed by atoms with Crippen LogP contribution in [0, 0.1) is 0 Å². The average molecular weight is 1400 g/mol. The van der Waals surface area contributed by atoms with Gasteiger partial charge in [0, 0.05) is 55.1 Å². The van der Waals surface area contributed by atoms with E-state index in [2.05, 4.69) is 415 Å². The average Bonchev–Trinajstić information content (AvgIpc) is 0.829. The topological polar surface area (TPSA) is 21.3 Å². The zero-order valence-electron chi connectivity index (χ0n) is 66.2. The predicted molar refractivity (Wildman–Crippen MR) is 467 cm³/mol. The van der Waals surface area contributed by atoms with Gasteiger partial charge < -0.3 is 23.5 Å². The molecule has 0 unspecified atom stereocenters. The molecule has 0 amide bonds. The summed E-state index contributed by atoms with van der Waals surface area (Å²) in [7, 11) is 0. The van der Waals surface area contributed by atoms with Crippen LogP contribution in [0.2, 0.25) is 0 Å².